The lowest BCUT2D eigenvalue weighted by atomic mass is 10.1. The molecule has 0 radical (unpaired) electrons. The van der Waals surface area contributed by atoms with Crippen LogP contribution in [0.25, 0.3) is 11.4 Å². The van der Waals surface area contributed by atoms with Crippen LogP contribution in [0, 0.1) is 6.92 Å². The molecule has 2 rings (SSSR count). The van der Waals surface area contributed by atoms with Crippen molar-refractivity contribution in [3.8, 4) is 11.4 Å². The van der Waals surface area contributed by atoms with Crippen molar-refractivity contribution in [3.63, 3.8) is 0 Å². The number of carbonyl (C=O) groups excluding carboxylic acids is 1. The van der Waals surface area contributed by atoms with Crippen LogP contribution in [0.2, 0.25) is 0 Å². The number of rotatable bonds is 8. The average molecular weight is 301 g/mol. The molecule has 1 aromatic heterocycles. The van der Waals surface area contributed by atoms with Crippen LogP contribution in [0.1, 0.15) is 44.1 Å². The highest BCUT2D eigenvalue weighted by Gasteiger charge is 2.11. The smallest absolute Gasteiger partial charge is 0.227 e. The molecule has 0 aliphatic rings. The molecule has 118 valence electrons. The summed E-state index contributed by atoms with van der Waals surface area (Å²) in [6, 6.07) is 7.89. The number of hydrogen-bond acceptors (Lipinski definition) is 4. The van der Waals surface area contributed by atoms with E-state index in [1.165, 1.54) is 0 Å². The molecule has 0 aliphatic carbocycles. The number of nitrogens with one attached hydrogen (secondary N) is 1. The van der Waals surface area contributed by atoms with Gasteiger partial charge in [-0.2, -0.15) is 4.98 Å². The SMILES string of the molecule is CCCCCNC(=O)CCc1nc(-c2ccccc2C)no1. The molecular weight excluding hydrogens is 278 g/mol. The van der Waals surface area contributed by atoms with Gasteiger partial charge in [-0.25, -0.2) is 0 Å². The monoisotopic (exact) mass is 301 g/mol. The van der Waals surface area contributed by atoms with Gasteiger partial charge in [-0.3, -0.25) is 4.79 Å². The van der Waals surface area contributed by atoms with Gasteiger partial charge in [0.1, 0.15) is 0 Å². The maximum Gasteiger partial charge on any atom is 0.227 e. The molecule has 22 heavy (non-hydrogen) atoms. The van der Waals surface area contributed by atoms with E-state index in [-0.39, 0.29) is 5.91 Å². The van der Waals surface area contributed by atoms with Crippen LogP contribution in [0.5, 0.6) is 0 Å². The Bertz CT molecular complexity index is 607. The third-order valence-electron chi connectivity index (χ3n) is 3.52. The topological polar surface area (TPSA) is 68.0 Å². The molecule has 0 saturated carbocycles. The molecule has 0 saturated heterocycles. The number of aryl methyl sites for hydroxylation is 2. The van der Waals surface area contributed by atoms with E-state index in [1.807, 2.05) is 31.2 Å². The Labute approximate surface area is 131 Å². The van der Waals surface area contributed by atoms with Crippen LogP contribution in [0.15, 0.2) is 28.8 Å². The zero-order chi connectivity index (χ0) is 15.8. The van der Waals surface area contributed by atoms with Crippen LogP contribution in [0.4, 0.5) is 0 Å². The van der Waals surface area contributed by atoms with Gasteiger partial charge < -0.3 is 9.84 Å². The van der Waals surface area contributed by atoms with Crippen LogP contribution < -0.4 is 5.32 Å². The summed E-state index contributed by atoms with van der Waals surface area (Å²) in [5, 5.41) is 6.90. The molecule has 2 aromatic rings. The van der Waals surface area contributed by atoms with Gasteiger partial charge in [-0.1, -0.05) is 49.2 Å². The van der Waals surface area contributed by atoms with Gasteiger partial charge in [0.25, 0.3) is 0 Å². The largest absolute Gasteiger partial charge is 0.356 e. The Hall–Kier alpha value is -2.17. The summed E-state index contributed by atoms with van der Waals surface area (Å²) in [6.07, 6.45) is 4.17. The zero-order valence-corrected chi connectivity index (χ0v) is 13.3. The third kappa shape index (κ3) is 4.69. The molecule has 1 N–H and O–H groups in total. The highest BCUT2D eigenvalue weighted by molar-refractivity contribution is 5.76. The van der Waals surface area contributed by atoms with Crippen LogP contribution in [0.3, 0.4) is 0 Å². The van der Waals surface area contributed by atoms with Gasteiger partial charge in [0, 0.05) is 24.9 Å². The minimum atomic E-state index is 0.0340. The van der Waals surface area contributed by atoms with Crippen molar-refractivity contribution >= 4 is 5.91 Å². The fraction of sp³-hybridized carbons (Fsp3) is 0.471. The van der Waals surface area contributed by atoms with Gasteiger partial charge in [0.15, 0.2) is 0 Å². The number of benzene rings is 1. The van der Waals surface area contributed by atoms with E-state index in [2.05, 4.69) is 22.4 Å². The van der Waals surface area contributed by atoms with E-state index in [1.54, 1.807) is 0 Å². The lowest BCUT2D eigenvalue weighted by Crippen LogP contribution is -2.24. The standard InChI is InChI=1S/C17H23N3O2/c1-3-4-7-12-18-15(21)10-11-16-19-17(20-22-16)14-9-6-5-8-13(14)2/h5-6,8-9H,3-4,7,10-12H2,1-2H3,(H,18,21). The minimum absolute atomic E-state index is 0.0340. The van der Waals surface area contributed by atoms with Crippen molar-refractivity contribution in [3.05, 3.63) is 35.7 Å². The predicted molar refractivity (Wildman–Crippen MR) is 85.3 cm³/mol. The zero-order valence-electron chi connectivity index (χ0n) is 13.3. The molecule has 0 unspecified atom stereocenters. The number of unbranched alkanes of at least 4 members (excludes halogenated alkanes) is 2. The lowest BCUT2D eigenvalue weighted by Gasteiger charge is -2.02. The first-order valence-corrected chi connectivity index (χ1v) is 7.86. The Kier molecular flexibility index (Phi) is 6.13. The first-order chi connectivity index (χ1) is 10.7. The van der Waals surface area contributed by atoms with Crippen molar-refractivity contribution < 1.29 is 9.32 Å². The summed E-state index contributed by atoms with van der Waals surface area (Å²) in [7, 11) is 0. The normalized spacial score (nSPS) is 10.6. The summed E-state index contributed by atoms with van der Waals surface area (Å²) < 4.78 is 5.23. The van der Waals surface area contributed by atoms with Gasteiger partial charge in [-0.15, -0.1) is 0 Å². The molecule has 0 fully saturated rings. The van der Waals surface area contributed by atoms with Crippen molar-refractivity contribution in [1.82, 2.24) is 15.5 Å². The van der Waals surface area contributed by atoms with E-state index in [4.69, 9.17) is 4.52 Å². The molecule has 1 amide bonds. The third-order valence-corrected chi connectivity index (χ3v) is 3.52. The molecule has 0 spiro atoms. The van der Waals surface area contributed by atoms with E-state index >= 15 is 0 Å². The minimum Gasteiger partial charge on any atom is -0.356 e. The van der Waals surface area contributed by atoms with E-state index in [9.17, 15) is 4.79 Å². The second-order valence-electron chi connectivity index (χ2n) is 5.38. The van der Waals surface area contributed by atoms with E-state index in [0.717, 1.165) is 36.9 Å². The molecular formula is C17H23N3O2. The Morgan fingerprint density at radius 1 is 1.27 bits per heavy atom. The molecule has 0 atom stereocenters. The molecule has 5 nitrogen and oxygen atoms in total. The van der Waals surface area contributed by atoms with Crippen molar-refractivity contribution in [2.75, 3.05) is 6.54 Å². The first-order valence-electron chi connectivity index (χ1n) is 7.86. The van der Waals surface area contributed by atoms with Crippen LogP contribution >= 0.6 is 0 Å². The van der Waals surface area contributed by atoms with E-state index in [0.29, 0.717) is 24.6 Å². The number of hydrogen-bond donors (Lipinski definition) is 1. The maximum atomic E-state index is 11.7. The Balaban J connectivity index is 1.83. The van der Waals surface area contributed by atoms with Gasteiger partial charge >= 0.3 is 0 Å². The van der Waals surface area contributed by atoms with Gasteiger partial charge in [-0.05, 0) is 18.9 Å². The predicted octanol–water partition coefficient (Wildman–Crippen LogP) is 3.28. The van der Waals surface area contributed by atoms with Crippen molar-refractivity contribution in [2.45, 2.75) is 46.0 Å². The second-order valence-corrected chi connectivity index (χ2v) is 5.38. The average Bonchev–Trinajstić information content (AvgIpc) is 2.99. The maximum absolute atomic E-state index is 11.7. The molecule has 0 aliphatic heterocycles. The van der Waals surface area contributed by atoms with E-state index < -0.39 is 0 Å². The highest BCUT2D eigenvalue weighted by atomic mass is 16.5. The fourth-order valence-electron chi connectivity index (χ4n) is 2.20. The second kappa shape index (κ2) is 8.32. The summed E-state index contributed by atoms with van der Waals surface area (Å²) in [4.78, 5) is 16.1. The summed E-state index contributed by atoms with van der Waals surface area (Å²) in [6.45, 7) is 4.89. The lowest BCUT2D eigenvalue weighted by molar-refractivity contribution is -0.121. The fourth-order valence-corrected chi connectivity index (χ4v) is 2.20. The van der Waals surface area contributed by atoms with Crippen LogP contribution in [-0.2, 0) is 11.2 Å². The molecule has 5 heteroatoms. The highest BCUT2D eigenvalue weighted by Crippen LogP contribution is 2.20. The number of nitrogens with zero attached hydrogens (tertiary/aromatic N) is 2. The molecule has 0 bridgehead atoms. The molecule has 1 aromatic carbocycles. The van der Waals surface area contributed by atoms with Gasteiger partial charge in [0.05, 0.1) is 0 Å². The summed E-state index contributed by atoms with van der Waals surface area (Å²) >= 11 is 0. The molecule has 1 heterocycles. The summed E-state index contributed by atoms with van der Waals surface area (Å²) in [5.41, 5.74) is 2.06. The number of carbonyl (C=O) groups is 1. The Morgan fingerprint density at radius 3 is 2.86 bits per heavy atom. The Morgan fingerprint density at radius 2 is 2.09 bits per heavy atom. The van der Waals surface area contributed by atoms with Crippen molar-refractivity contribution in [1.29, 1.82) is 0 Å². The van der Waals surface area contributed by atoms with Crippen molar-refractivity contribution in [2.24, 2.45) is 0 Å². The van der Waals surface area contributed by atoms with Crippen LogP contribution in [-0.4, -0.2) is 22.6 Å². The quantitative estimate of drug-likeness (QED) is 0.760. The number of aromatic nitrogens is 2. The first kappa shape index (κ1) is 16.2. The number of amides is 1. The summed E-state index contributed by atoms with van der Waals surface area (Å²) in [5.74, 6) is 1.12. The van der Waals surface area contributed by atoms with Gasteiger partial charge in [0.2, 0.25) is 17.6 Å².